The molecule has 0 N–H and O–H groups in total. The first-order valence-electron chi connectivity index (χ1n) is 8.49. The summed E-state index contributed by atoms with van der Waals surface area (Å²) in [6, 6.07) is 14.2. The maximum absolute atomic E-state index is 13.9. The van der Waals surface area contributed by atoms with Gasteiger partial charge in [0.05, 0.1) is 12.2 Å². The van der Waals surface area contributed by atoms with Gasteiger partial charge in [0.25, 0.3) is 0 Å². The molecule has 1 aliphatic rings. The van der Waals surface area contributed by atoms with E-state index in [0.29, 0.717) is 29.0 Å². The minimum atomic E-state index is -0.176. The molecule has 0 unspecified atom stereocenters. The second-order valence-electron chi connectivity index (χ2n) is 6.22. The van der Waals surface area contributed by atoms with Gasteiger partial charge in [-0.25, -0.2) is 4.39 Å². The van der Waals surface area contributed by atoms with Gasteiger partial charge in [-0.1, -0.05) is 23.7 Å². The van der Waals surface area contributed by atoms with Crippen molar-refractivity contribution in [1.82, 2.24) is 15.1 Å². The Morgan fingerprint density at radius 2 is 1.69 bits per heavy atom. The fourth-order valence-corrected chi connectivity index (χ4v) is 3.20. The third kappa shape index (κ3) is 3.71. The van der Waals surface area contributed by atoms with Crippen molar-refractivity contribution in [3.8, 4) is 11.5 Å². The average Bonchev–Trinajstić information content (AvgIpc) is 3.12. The Kier molecular flexibility index (Phi) is 4.86. The van der Waals surface area contributed by atoms with Crippen molar-refractivity contribution in [2.75, 3.05) is 31.1 Å². The van der Waals surface area contributed by atoms with Gasteiger partial charge in [0.2, 0.25) is 11.8 Å². The molecule has 2 heterocycles. The molecule has 0 amide bonds. The first-order chi connectivity index (χ1) is 12.7. The number of hydrogen-bond donors (Lipinski definition) is 0. The zero-order valence-electron chi connectivity index (χ0n) is 14.1. The van der Waals surface area contributed by atoms with Crippen molar-refractivity contribution >= 4 is 17.3 Å². The first kappa shape index (κ1) is 17.0. The van der Waals surface area contributed by atoms with Crippen LogP contribution >= 0.6 is 11.6 Å². The van der Waals surface area contributed by atoms with Crippen molar-refractivity contribution in [2.45, 2.75) is 6.54 Å². The molecule has 3 aromatic rings. The van der Waals surface area contributed by atoms with Crippen LogP contribution in [0.15, 0.2) is 52.9 Å². The molecule has 0 bridgehead atoms. The molecule has 1 aromatic heterocycles. The SMILES string of the molecule is Fc1ccccc1N1CCN(Cc2nnc(-c3ccc(Cl)cc3)o2)CC1. The Hall–Kier alpha value is -2.44. The van der Waals surface area contributed by atoms with Gasteiger partial charge in [0, 0.05) is 36.8 Å². The van der Waals surface area contributed by atoms with Gasteiger partial charge in [-0.15, -0.1) is 10.2 Å². The Morgan fingerprint density at radius 3 is 2.42 bits per heavy atom. The minimum absolute atomic E-state index is 0.176. The fourth-order valence-electron chi connectivity index (χ4n) is 3.07. The summed E-state index contributed by atoms with van der Waals surface area (Å²) in [5.41, 5.74) is 1.51. The van der Waals surface area contributed by atoms with Crippen LogP contribution in [0.5, 0.6) is 0 Å². The van der Waals surface area contributed by atoms with Crippen LogP contribution in [0, 0.1) is 5.82 Å². The van der Waals surface area contributed by atoms with Crippen LogP contribution in [0.25, 0.3) is 11.5 Å². The van der Waals surface area contributed by atoms with Crippen molar-refractivity contribution in [2.24, 2.45) is 0 Å². The lowest BCUT2D eigenvalue weighted by Crippen LogP contribution is -2.46. The molecule has 0 radical (unpaired) electrons. The largest absolute Gasteiger partial charge is 0.419 e. The highest BCUT2D eigenvalue weighted by Gasteiger charge is 2.21. The molecule has 0 spiro atoms. The molecule has 5 nitrogen and oxygen atoms in total. The summed E-state index contributed by atoms with van der Waals surface area (Å²) >= 11 is 5.90. The average molecular weight is 373 g/mol. The highest BCUT2D eigenvalue weighted by atomic mass is 35.5. The quantitative estimate of drug-likeness (QED) is 0.696. The smallest absolute Gasteiger partial charge is 0.247 e. The summed E-state index contributed by atoms with van der Waals surface area (Å²) in [5.74, 6) is 0.890. The van der Waals surface area contributed by atoms with Gasteiger partial charge in [0.15, 0.2) is 0 Å². The van der Waals surface area contributed by atoms with Gasteiger partial charge >= 0.3 is 0 Å². The summed E-state index contributed by atoms with van der Waals surface area (Å²) in [7, 11) is 0. The van der Waals surface area contributed by atoms with Crippen LogP contribution in [0.2, 0.25) is 5.02 Å². The normalized spacial score (nSPS) is 15.4. The lowest BCUT2D eigenvalue weighted by molar-refractivity contribution is 0.226. The number of nitrogens with zero attached hydrogens (tertiary/aromatic N) is 4. The Morgan fingerprint density at radius 1 is 0.962 bits per heavy atom. The number of aromatic nitrogens is 2. The summed E-state index contributed by atoms with van der Waals surface area (Å²) in [6.45, 7) is 3.74. The number of rotatable bonds is 4. The van der Waals surface area contributed by atoms with E-state index in [2.05, 4.69) is 20.0 Å². The fraction of sp³-hybridized carbons (Fsp3) is 0.263. The highest BCUT2D eigenvalue weighted by Crippen LogP contribution is 2.22. The van der Waals surface area contributed by atoms with E-state index < -0.39 is 0 Å². The second kappa shape index (κ2) is 7.43. The Labute approximate surface area is 156 Å². The molecule has 2 aromatic carbocycles. The van der Waals surface area contributed by atoms with E-state index in [1.54, 1.807) is 18.2 Å². The lowest BCUT2D eigenvalue weighted by Gasteiger charge is -2.35. The molecular weight excluding hydrogens is 355 g/mol. The van der Waals surface area contributed by atoms with E-state index in [-0.39, 0.29) is 5.82 Å². The maximum Gasteiger partial charge on any atom is 0.247 e. The molecule has 4 rings (SSSR count). The van der Waals surface area contributed by atoms with Crippen LogP contribution in [0.3, 0.4) is 0 Å². The zero-order valence-corrected chi connectivity index (χ0v) is 14.9. The van der Waals surface area contributed by atoms with Crippen molar-refractivity contribution in [3.05, 3.63) is 65.3 Å². The third-order valence-electron chi connectivity index (χ3n) is 4.48. The predicted molar refractivity (Wildman–Crippen MR) is 98.6 cm³/mol. The first-order valence-corrected chi connectivity index (χ1v) is 8.87. The van der Waals surface area contributed by atoms with Gasteiger partial charge in [-0.05, 0) is 36.4 Å². The Bertz CT molecular complexity index is 875. The van der Waals surface area contributed by atoms with E-state index in [9.17, 15) is 4.39 Å². The monoisotopic (exact) mass is 372 g/mol. The van der Waals surface area contributed by atoms with Gasteiger partial charge in [-0.3, -0.25) is 4.90 Å². The lowest BCUT2D eigenvalue weighted by atomic mass is 10.2. The number of benzene rings is 2. The molecule has 1 fully saturated rings. The van der Waals surface area contributed by atoms with E-state index in [4.69, 9.17) is 16.0 Å². The van der Waals surface area contributed by atoms with Crippen LogP contribution < -0.4 is 4.90 Å². The predicted octanol–water partition coefficient (Wildman–Crippen LogP) is 3.85. The highest BCUT2D eigenvalue weighted by molar-refractivity contribution is 6.30. The van der Waals surface area contributed by atoms with Crippen molar-refractivity contribution < 1.29 is 8.81 Å². The molecule has 0 atom stereocenters. The van der Waals surface area contributed by atoms with Crippen LogP contribution in [0.1, 0.15) is 5.89 Å². The van der Waals surface area contributed by atoms with Crippen LogP contribution in [0.4, 0.5) is 10.1 Å². The molecule has 26 heavy (non-hydrogen) atoms. The van der Waals surface area contributed by atoms with Crippen molar-refractivity contribution in [3.63, 3.8) is 0 Å². The summed E-state index contributed by atoms with van der Waals surface area (Å²) < 4.78 is 19.7. The number of hydrogen-bond acceptors (Lipinski definition) is 5. The van der Waals surface area contributed by atoms with Gasteiger partial charge in [-0.2, -0.15) is 0 Å². The standard InChI is InChI=1S/C19H18ClFN4O/c20-15-7-5-14(6-8-15)19-23-22-18(26-19)13-24-9-11-25(12-10-24)17-4-2-1-3-16(17)21/h1-8H,9-13H2. The van der Waals surface area contributed by atoms with E-state index in [0.717, 1.165) is 31.7 Å². The topological polar surface area (TPSA) is 45.4 Å². The molecule has 0 aliphatic carbocycles. The molecule has 7 heteroatoms. The molecule has 0 saturated carbocycles. The Balaban J connectivity index is 1.36. The number of halogens is 2. The number of piperazine rings is 1. The minimum Gasteiger partial charge on any atom is -0.419 e. The molecule has 1 aliphatic heterocycles. The summed E-state index contributed by atoms with van der Waals surface area (Å²) in [4.78, 5) is 4.30. The number of anilines is 1. The van der Waals surface area contributed by atoms with Crippen molar-refractivity contribution in [1.29, 1.82) is 0 Å². The van der Waals surface area contributed by atoms with Crippen LogP contribution in [-0.2, 0) is 6.54 Å². The molecular formula is C19H18ClFN4O. The van der Waals surface area contributed by atoms with Crippen LogP contribution in [-0.4, -0.2) is 41.3 Å². The van der Waals surface area contributed by atoms with Gasteiger partial charge < -0.3 is 9.32 Å². The summed E-state index contributed by atoms with van der Waals surface area (Å²) in [6.07, 6.45) is 0. The zero-order chi connectivity index (χ0) is 17.9. The second-order valence-corrected chi connectivity index (χ2v) is 6.66. The molecule has 134 valence electrons. The molecule has 1 saturated heterocycles. The van der Waals surface area contributed by atoms with E-state index in [1.807, 2.05) is 24.3 Å². The summed E-state index contributed by atoms with van der Waals surface area (Å²) in [5, 5.41) is 8.91. The third-order valence-corrected chi connectivity index (χ3v) is 4.73. The van der Waals surface area contributed by atoms with E-state index >= 15 is 0 Å². The number of para-hydroxylation sites is 1. The van der Waals surface area contributed by atoms with E-state index in [1.165, 1.54) is 6.07 Å². The maximum atomic E-state index is 13.9. The van der Waals surface area contributed by atoms with Gasteiger partial charge in [0.1, 0.15) is 5.82 Å².